The van der Waals surface area contributed by atoms with E-state index in [0.717, 1.165) is 0 Å². The summed E-state index contributed by atoms with van der Waals surface area (Å²) in [4.78, 5) is 0. The Hall–Kier alpha value is -0.120. The van der Waals surface area contributed by atoms with Crippen molar-refractivity contribution in [3.63, 3.8) is 0 Å². The Bertz CT molecular complexity index is 105. The molecule has 1 saturated heterocycles. The maximum atomic E-state index is 3.58. The van der Waals surface area contributed by atoms with Gasteiger partial charge in [-0.25, -0.2) is 0 Å². The Morgan fingerprint density at radius 3 is 0.619 bits per heavy atom. The van der Waals surface area contributed by atoms with Crippen LogP contribution < -0.4 is 16.0 Å². The average Bonchev–Trinajstić information content (AvgIpc) is 2.50. The molecule has 126 valence electrons. The van der Waals surface area contributed by atoms with Crippen LogP contribution in [0.4, 0.5) is 0 Å². The summed E-state index contributed by atoms with van der Waals surface area (Å²) in [7, 11) is 0. The third-order valence-corrected chi connectivity index (χ3v) is 4.37. The molecule has 1 aliphatic rings. The monoisotopic (exact) mass is 297 g/mol. The second-order valence-corrected chi connectivity index (χ2v) is 6.49. The van der Waals surface area contributed by atoms with Gasteiger partial charge in [0.1, 0.15) is 0 Å². The lowest BCUT2D eigenvalue weighted by Gasteiger charge is -2.06. The van der Waals surface area contributed by atoms with Gasteiger partial charge in [-0.1, -0.05) is 38.5 Å². The third-order valence-electron chi connectivity index (χ3n) is 4.37. The van der Waals surface area contributed by atoms with Crippen molar-refractivity contribution in [1.82, 2.24) is 16.0 Å². The number of rotatable bonds is 0. The van der Waals surface area contributed by atoms with Crippen LogP contribution in [-0.2, 0) is 0 Å². The quantitative estimate of drug-likeness (QED) is 0.641. The zero-order chi connectivity index (χ0) is 14.8. The van der Waals surface area contributed by atoms with Gasteiger partial charge >= 0.3 is 0 Å². The molecule has 0 aromatic rings. The molecule has 0 atom stereocenters. The van der Waals surface area contributed by atoms with Crippen LogP contribution in [0.15, 0.2) is 0 Å². The fourth-order valence-electron chi connectivity index (χ4n) is 2.94. The maximum absolute atomic E-state index is 3.58. The van der Waals surface area contributed by atoms with Crippen molar-refractivity contribution in [1.29, 1.82) is 0 Å². The third kappa shape index (κ3) is 14.6. The number of nitrogens with one attached hydrogen (secondary N) is 3. The average molecular weight is 298 g/mol. The second kappa shape index (κ2) is 16.3. The summed E-state index contributed by atoms with van der Waals surface area (Å²) in [5.41, 5.74) is 0. The fourth-order valence-corrected chi connectivity index (χ4v) is 2.94. The lowest BCUT2D eigenvalue weighted by Crippen LogP contribution is -2.17. The van der Waals surface area contributed by atoms with Gasteiger partial charge in [0, 0.05) is 0 Å². The Morgan fingerprint density at radius 2 is 0.429 bits per heavy atom. The van der Waals surface area contributed by atoms with Crippen LogP contribution in [0, 0.1) is 0 Å². The predicted octanol–water partition coefficient (Wildman–Crippen LogP) is 3.45. The molecule has 0 aromatic carbocycles. The molecule has 1 fully saturated rings. The summed E-state index contributed by atoms with van der Waals surface area (Å²) in [6.45, 7) is 7.30. The lowest BCUT2D eigenvalue weighted by molar-refractivity contribution is 0.540. The van der Waals surface area contributed by atoms with E-state index in [2.05, 4.69) is 16.0 Å². The molecule has 0 radical (unpaired) electrons. The van der Waals surface area contributed by atoms with E-state index in [1.807, 2.05) is 0 Å². The standard InChI is InChI=1S/C18H39N3/c1-2-8-14-20-16-10-5-6-12-18-21-17-11-4-3-9-15-19-13-7-1/h19-21H,1-18H2. The van der Waals surface area contributed by atoms with Gasteiger partial charge in [0.15, 0.2) is 0 Å². The van der Waals surface area contributed by atoms with Gasteiger partial charge in [-0.3, -0.25) is 0 Å². The summed E-state index contributed by atoms with van der Waals surface area (Å²) in [5.74, 6) is 0. The van der Waals surface area contributed by atoms with E-state index in [-0.39, 0.29) is 0 Å². The van der Waals surface area contributed by atoms with Crippen molar-refractivity contribution in [3.05, 3.63) is 0 Å². The summed E-state index contributed by atoms with van der Waals surface area (Å²) in [6, 6.07) is 0. The first-order chi connectivity index (χ1) is 10.5. The van der Waals surface area contributed by atoms with E-state index < -0.39 is 0 Å². The largest absolute Gasteiger partial charge is 0.317 e. The van der Waals surface area contributed by atoms with Crippen LogP contribution in [0.2, 0.25) is 0 Å². The van der Waals surface area contributed by atoms with Crippen LogP contribution in [0.3, 0.4) is 0 Å². The first-order valence-electron chi connectivity index (χ1n) is 9.62. The van der Waals surface area contributed by atoms with E-state index in [9.17, 15) is 0 Å². The highest BCUT2D eigenvalue weighted by atomic mass is 14.9. The molecule has 0 amide bonds. The minimum absolute atomic E-state index is 1.22. The minimum Gasteiger partial charge on any atom is -0.317 e. The molecule has 1 rings (SSSR count). The highest BCUT2D eigenvalue weighted by molar-refractivity contribution is 4.55. The van der Waals surface area contributed by atoms with Crippen LogP contribution in [0.1, 0.15) is 77.0 Å². The molecule has 1 aliphatic heterocycles. The second-order valence-electron chi connectivity index (χ2n) is 6.49. The first-order valence-corrected chi connectivity index (χ1v) is 9.62. The van der Waals surface area contributed by atoms with E-state index in [0.29, 0.717) is 0 Å². The van der Waals surface area contributed by atoms with Crippen molar-refractivity contribution < 1.29 is 0 Å². The van der Waals surface area contributed by atoms with Crippen LogP contribution >= 0.6 is 0 Å². The van der Waals surface area contributed by atoms with Gasteiger partial charge in [0.05, 0.1) is 0 Å². The van der Waals surface area contributed by atoms with Crippen molar-refractivity contribution in [3.8, 4) is 0 Å². The summed E-state index contributed by atoms with van der Waals surface area (Å²) < 4.78 is 0. The maximum Gasteiger partial charge on any atom is -0.00489 e. The molecular formula is C18H39N3. The number of hydrogen-bond acceptors (Lipinski definition) is 3. The van der Waals surface area contributed by atoms with Gasteiger partial charge in [-0.15, -0.1) is 0 Å². The van der Waals surface area contributed by atoms with Crippen molar-refractivity contribution in [2.24, 2.45) is 0 Å². The Kier molecular flexibility index (Phi) is 14.7. The molecule has 0 spiro atoms. The molecule has 0 saturated carbocycles. The highest BCUT2D eigenvalue weighted by Crippen LogP contribution is 2.01. The van der Waals surface area contributed by atoms with Gasteiger partial charge in [0.25, 0.3) is 0 Å². The first kappa shape index (κ1) is 18.9. The van der Waals surface area contributed by atoms with Crippen molar-refractivity contribution >= 4 is 0 Å². The molecule has 3 nitrogen and oxygen atoms in total. The topological polar surface area (TPSA) is 36.1 Å². The van der Waals surface area contributed by atoms with E-state index in [1.165, 1.54) is 116 Å². The van der Waals surface area contributed by atoms with Gasteiger partial charge in [0.2, 0.25) is 0 Å². The molecule has 0 aliphatic carbocycles. The highest BCUT2D eigenvalue weighted by Gasteiger charge is 1.95. The molecule has 21 heavy (non-hydrogen) atoms. The smallest absolute Gasteiger partial charge is 0.00489 e. The molecule has 0 aromatic heterocycles. The Labute approximate surface area is 133 Å². The van der Waals surface area contributed by atoms with Gasteiger partial charge in [-0.05, 0) is 77.8 Å². The lowest BCUT2D eigenvalue weighted by atomic mass is 10.2. The Balaban J connectivity index is 2.00. The molecule has 0 unspecified atom stereocenters. The normalized spacial score (nSPS) is 24.0. The van der Waals surface area contributed by atoms with E-state index >= 15 is 0 Å². The van der Waals surface area contributed by atoms with E-state index in [4.69, 9.17) is 0 Å². The Morgan fingerprint density at radius 1 is 0.238 bits per heavy atom. The predicted molar refractivity (Wildman–Crippen MR) is 94.0 cm³/mol. The van der Waals surface area contributed by atoms with E-state index in [1.54, 1.807) is 0 Å². The van der Waals surface area contributed by atoms with Crippen LogP contribution in [0.5, 0.6) is 0 Å². The summed E-state index contributed by atoms with van der Waals surface area (Å²) >= 11 is 0. The fraction of sp³-hybridized carbons (Fsp3) is 1.00. The zero-order valence-electron chi connectivity index (χ0n) is 14.2. The zero-order valence-corrected chi connectivity index (χ0v) is 14.2. The van der Waals surface area contributed by atoms with Crippen LogP contribution in [0.25, 0.3) is 0 Å². The van der Waals surface area contributed by atoms with Crippen LogP contribution in [-0.4, -0.2) is 39.3 Å². The molecular weight excluding hydrogens is 258 g/mol. The molecule has 3 heteroatoms. The van der Waals surface area contributed by atoms with Crippen molar-refractivity contribution in [2.75, 3.05) is 39.3 Å². The number of hydrogen-bond donors (Lipinski definition) is 3. The van der Waals surface area contributed by atoms with Gasteiger partial charge in [-0.2, -0.15) is 0 Å². The molecule has 1 heterocycles. The summed E-state index contributed by atoms with van der Waals surface area (Å²) in [6.07, 6.45) is 16.4. The minimum atomic E-state index is 1.22. The SMILES string of the molecule is C1CCCNCCCCCCNCCCCCCNCC1. The molecule has 0 bridgehead atoms. The van der Waals surface area contributed by atoms with Crippen molar-refractivity contribution in [2.45, 2.75) is 77.0 Å². The van der Waals surface area contributed by atoms with Gasteiger partial charge < -0.3 is 16.0 Å². The summed E-state index contributed by atoms with van der Waals surface area (Å²) in [5, 5.41) is 10.8. The molecule has 3 N–H and O–H groups in total.